The van der Waals surface area contributed by atoms with E-state index in [9.17, 15) is 4.79 Å². The molecule has 2 aromatic rings. The van der Waals surface area contributed by atoms with Crippen LogP contribution in [-0.2, 0) is 22.5 Å². The molecule has 0 aromatic heterocycles. The second-order valence-corrected chi connectivity index (χ2v) is 5.65. The molecule has 1 unspecified atom stereocenters. The van der Waals surface area contributed by atoms with Crippen molar-refractivity contribution in [2.24, 2.45) is 4.99 Å². The Labute approximate surface area is 149 Å². The van der Waals surface area contributed by atoms with Gasteiger partial charge in [-0.2, -0.15) is 0 Å². The molecule has 0 amide bonds. The van der Waals surface area contributed by atoms with Crippen molar-refractivity contribution in [1.29, 1.82) is 0 Å². The molecule has 0 heterocycles. The molecule has 4 nitrogen and oxygen atoms in total. The van der Waals surface area contributed by atoms with E-state index in [2.05, 4.69) is 28.5 Å². The topological polar surface area (TPSA) is 50.7 Å². The third kappa shape index (κ3) is 5.45. The number of benzene rings is 2. The average molecular weight is 338 g/mol. The molecule has 0 radical (unpaired) electrons. The van der Waals surface area contributed by atoms with Gasteiger partial charge in [0.15, 0.2) is 0 Å². The van der Waals surface area contributed by atoms with Crippen LogP contribution in [0.5, 0.6) is 0 Å². The van der Waals surface area contributed by atoms with E-state index < -0.39 is 0 Å². The number of aryl methyl sites for hydroxylation is 1. The lowest BCUT2D eigenvalue weighted by atomic mass is 10.1. The molecule has 2 aromatic carbocycles. The highest BCUT2D eigenvalue weighted by Crippen LogP contribution is 2.35. The van der Waals surface area contributed by atoms with Crippen molar-refractivity contribution < 1.29 is 9.53 Å². The molecular formula is C21H26N2O2. The van der Waals surface area contributed by atoms with Crippen molar-refractivity contribution in [3.05, 3.63) is 65.2 Å². The summed E-state index contributed by atoms with van der Waals surface area (Å²) in [7, 11) is 0. The minimum absolute atomic E-state index is 0.120. The second kappa shape index (κ2) is 9.62. The minimum Gasteiger partial charge on any atom is -0.458 e. The van der Waals surface area contributed by atoms with Crippen molar-refractivity contribution in [2.45, 2.75) is 46.3 Å². The number of anilines is 1. The summed E-state index contributed by atoms with van der Waals surface area (Å²) < 4.78 is 5.38. The first-order chi connectivity index (χ1) is 12.2. The Balaban J connectivity index is 0.00000109. The lowest BCUT2D eigenvalue weighted by Crippen LogP contribution is -2.05. The van der Waals surface area contributed by atoms with E-state index in [1.165, 1.54) is 18.1 Å². The Morgan fingerprint density at radius 1 is 1.24 bits per heavy atom. The molecule has 1 atom stereocenters. The largest absolute Gasteiger partial charge is 0.458 e. The summed E-state index contributed by atoms with van der Waals surface area (Å²) in [6, 6.07) is 16.3. The van der Waals surface area contributed by atoms with Crippen LogP contribution in [0.2, 0.25) is 0 Å². The van der Waals surface area contributed by atoms with Gasteiger partial charge in [0, 0.05) is 12.6 Å². The first-order valence-corrected chi connectivity index (χ1v) is 8.81. The number of carbonyl (C=O) groups is 1. The number of rotatable bonds is 5. The summed E-state index contributed by atoms with van der Waals surface area (Å²) in [5.74, 6) is -0.231. The molecule has 0 fully saturated rings. The van der Waals surface area contributed by atoms with Crippen LogP contribution in [0.4, 0.5) is 5.69 Å². The molecule has 25 heavy (non-hydrogen) atoms. The molecule has 0 aliphatic heterocycles. The summed E-state index contributed by atoms with van der Waals surface area (Å²) in [4.78, 5) is 15.6. The van der Waals surface area contributed by atoms with Gasteiger partial charge in [-0.1, -0.05) is 50.2 Å². The summed E-state index contributed by atoms with van der Waals surface area (Å²) in [5.41, 5.74) is 4.48. The number of hydrogen-bond donors (Lipinski definition) is 1. The van der Waals surface area contributed by atoms with Crippen LogP contribution in [0, 0.1) is 0 Å². The quantitative estimate of drug-likeness (QED) is 0.479. The summed E-state index contributed by atoms with van der Waals surface area (Å²) in [6.45, 7) is 6.10. The first kappa shape index (κ1) is 18.7. The van der Waals surface area contributed by atoms with Crippen molar-refractivity contribution in [1.82, 2.24) is 0 Å². The standard InChI is InChI=1S/C19H20N2O2.C2H6/c1-14(22)23-19-10-8-16-7-9-17(11-18(16)19)21-13-20-12-15-5-3-2-4-6-15;1-2/h2-7,9,11,13,19H,8,10,12H2,1H3,(H,20,21);1-2H3. The van der Waals surface area contributed by atoms with Gasteiger partial charge >= 0.3 is 5.97 Å². The molecule has 3 rings (SSSR count). The highest BCUT2D eigenvalue weighted by molar-refractivity contribution is 5.76. The summed E-state index contributed by atoms with van der Waals surface area (Å²) in [5, 5.41) is 3.19. The van der Waals surface area contributed by atoms with Gasteiger partial charge in [-0.25, -0.2) is 0 Å². The lowest BCUT2D eigenvalue weighted by Gasteiger charge is -2.12. The predicted octanol–water partition coefficient (Wildman–Crippen LogP) is 4.90. The van der Waals surface area contributed by atoms with E-state index in [4.69, 9.17) is 4.74 Å². The van der Waals surface area contributed by atoms with Gasteiger partial charge in [0.1, 0.15) is 6.10 Å². The molecule has 132 valence electrons. The molecule has 0 spiro atoms. The minimum atomic E-state index is -0.231. The number of carbonyl (C=O) groups excluding carboxylic acids is 1. The molecule has 0 bridgehead atoms. The van der Waals surface area contributed by atoms with Crippen LogP contribution in [-0.4, -0.2) is 12.3 Å². The fourth-order valence-corrected chi connectivity index (χ4v) is 2.83. The normalized spacial score (nSPS) is 15.2. The average Bonchev–Trinajstić information content (AvgIpc) is 3.03. The van der Waals surface area contributed by atoms with E-state index in [0.717, 1.165) is 24.1 Å². The van der Waals surface area contributed by atoms with Crippen LogP contribution < -0.4 is 5.32 Å². The van der Waals surface area contributed by atoms with Gasteiger partial charge in [-0.3, -0.25) is 9.79 Å². The van der Waals surface area contributed by atoms with Crippen LogP contribution >= 0.6 is 0 Å². The van der Waals surface area contributed by atoms with Gasteiger partial charge in [0.05, 0.1) is 12.9 Å². The number of fused-ring (bicyclic) bond motifs is 1. The number of nitrogens with one attached hydrogen (secondary N) is 1. The molecule has 0 saturated heterocycles. The Hall–Kier alpha value is -2.62. The third-order valence-electron chi connectivity index (χ3n) is 3.92. The monoisotopic (exact) mass is 338 g/mol. The number of ether oxygens (including phenoxy) is 1. The van der Waals surface area contributed by atoms with E-state index in [1.54, 1.807) is 6.34 Å². The Morgan fingerprint density at radius 3 is 2.72 bits per heavy atom. The number of aliphatic imine (C=N–C) groups is 1. The predicted molar refractivity (Wildman–Crippen MR) is 103 cm³/mol. The number of nitrogens with zero attached hydrogens (tertiary/aromatic N) is 1. The molecular weight excluding hydrogens is 312 g/mol. The maximum Gasteiger partial charge on any atom is 0.303 e. The van der Waals surface area contributed by atoms with E-state index in [0.29, 0.717) is 6.54 Å². The van der Waals surface area contributed by atoms with Gasteiger partial charge in [0.2, 0.25) is 0 Å². The smallest absolute Gasteiger partial charge is 0.303 e. The maximum atomic E-state index is 11.2. The molecule has 0 saturated carbocycles. The SMILES string of the molecule is CC.CC(=O)OC1CCc2ccc(NC=NCc3ccccc3)cc21. The van der Waals surface area contributed by atoms with E-state index >= 15 is 0 Å². The highest BCUT2D eigenvalue weighted by Gasteiger charge is 2.24. The van der Waals surface area contributed by atoms with Crippen molar-refractivity contribution >= 4 is 18.0 Å². The fraction of sp³-hybridized carbons (Fsp3) is 0.333. The molecule has 1 aliphatic carbocycles. The zero-order chi connectivity index (χ0) is 18.1. The number of hydrogen-bond acceptors (Lipinski definition) is 3. The van der Waals surface area contributed by atoms with Gasteiger partial charge in [0.25, 0.3) is 0 Å². The molecule has 4 heteroatoms. The van der Waals surface area contributed by atoms with Gasteiger partial charge in [-0.15, -0.1) is 0 Å². The lowest BCUT2D eigenvalue weighted by molar-refractivity contribution is -0.146. The maximum absolute atomic E-state index is 11.2. The van der Waals surface area contributed by atoms with Crippen LogP contribution in [0.15, 0.2) is 53.5 Å². The first-order valence-electron chi connectivity index (χ1n) is 8.81. The van der Waals surface area contributed by atoms with Crippen molar-refractivity contribution in [2.75, 3.05) is 5.32 Å². The van der Waals surface area contributed by atoms with E-state index in [-0.39, 0.29) is 12.1 Å². The summed E-state index contributed by atoms with van der Waals surface area (Å²) in [6.07, 6.45) is 3.41. The summed E-state index contributed by atoms with van der Waals surface area (Å²) >= 11 is 0. The molecule has 1 N–H and O–H groups in total. The van der Waals surface area contributed by atoms with Gasteiger partial charge < -0.3 is 10.1 Å². The Kier molecular flexibility index (Phi) is 7.20. The van der Waals surface area contributed by atoms with Crippen LogP contribution in [0.3, 0.4) is 0 Å². The van der Waals surface area contributed by atoms with Crippen LogP contribution in [0.25, 0.3) is 0 Å². The Morgan fingerprint density at radius 2 is 2.00 bits per heavy atom. The zero-order valence-corrected chi connectivity index (χ0v) is 15.2. The second-order valence-electron chi connectivity index (χ2n) is 5.65. The van der Waals surface area contributed by atoms with Crippen LogP contribution in [0.1, 0.15) is 50.0 Å². The van der Waals surface area contributed by atoms with Crippen molar-refractivity contribution in [3.8, 4) is 0 Å². The Bertz CT molecular complexity index is 711. The highest BCUT2D eigenvalue weighted by atomic mass is 16.5. The number of esters is 1. The van der Waals surface area contributed by atoms with Gasteiger partial charge in [-0.05, 0) is 41.7 Å². The fourth-order valence-electron chi connectivity index (χ4n) is 2.83. The molecule has 1 aliphatic rings. The van der Waals surface area contributed by atoms with Crippen molar-refractivity contribution in [3.63, 3.8) is 0 Å². The zero-order valence-electron chi connectivity index (χ0n) is 15.2. The van der Waals surface area contributed by atoms with E-state index in [1.807, 2.05) is 44.2 Å². The third-order valence-corrected chi connectivity index (χ3v) is 3.92.